The van der Waals surface area contributed by atoms with Gasteiger partial charge in [0.2, 0.25) is 0 Å². The number of halogens is 4. The molecule has 4 aromatic rings. The van der Waals surface area contributed by atoms with Crippen LogP contribution in [0.4, 0.5) is 0 Å². The molecule has 0 aromatic heterocycles. The number of rotatable bonds is 8. The summed E-state index contributed by atoms with van der Waals surface area (Å²) < 4.78 is 0. The van der Waals surface area contributed by atoms with Gasteiger partial charge in [-0.15, -0.1) is 0 Å². The molecule has 0 bridgehead atoms. The predicted molar refractivity (Wildman–Crippen MR) is 156 cm³/mol. The monoisotopic (exact) mass is 738 g/mol. The van der Waals surface area contributed by atoms with Crippen LogP contribution in [0, 0.1) is 24.2 Å². The van der Waals surface area contributed by atoms with Crippen molar-refractivity contribution in [2.24, 2.45) is 11.8 Å². The van der Waals surface area contributed by atoms with E-state index in [2.05, 4.69) is 161 Å². The summed E-state index contributed by atoms with van der Waals surface area (Å²) in [5.41, 5.74) is 0. The molecule has 0 fully saturated rings. The Balaban J connectivity index is -0.000000282. The summed E-state index contributed by atoms with van der Waals surface area (Å²) >= 11 is 0. The summed E-state index contributed by atoms with van der Waals surface area (Å²) in [6.07, 6.45) is 4.94. The zero-order valence-electron chi connectivity index (χ0n) is 22.9. The second-order valence-corrected chi connectivity index (χ2v) is 13.0. The molecule has 0 saturated heterocycles. The summed E-state index contributed by atoms with van der Waals surface area (Å²) in [6.45, 7) is 9.00. The van der Waals surface area contributed by atoms with Crippen molar-refractivity contribution in [2.75, 3.05) is 0 Å². The van der Waals surface area contributed by atoms with Gasteiger partial charge in [0.25, 0.3) is 0 Å². The van der Waals surface area contributed by atoms with Crippen molar-refractivity contribution in [3.05, 3.63) is 134 Å². The first-order valence-electron chi connectivity index (χ1n) is 12.0. The SMILES string of the molecule is CC(C)[CH-]P(c1ccccc1)c1ccccc1.CC(C)[CH-]P(c1ccccc1)c1ccccc1.[Cl-].[Cl-].[Cl-].[Cl-].[Ni+3].[Ni+3]. The Labute approximate surface area is 290 Å². The summed E-state index contributed by atoms with van der Waals surface area (Å²) in [4.78, 5) is 0. The van der Waals surface area contributed by atoms with Gasteiger partial charge in [-0.3, -0.25) is 12.3 Å². The molecule has 0 unspecified atom stereocenters. The third kappa shape index (κ3) is 16.5. The average molecular weight is 742 g/mol. The van der Waals surface area contributed by atoms with E-state index >= 15 is 0 Å². The number of hydrogen-bond acceptors (Lipinski definition) is 0. The normalized spacial score (nSPS) is 9.40. The molecule has 0 heterocycles. The van der Waals surface area contributed by atoms with Crippen LogP contribution in [-0.2, 0) is 33.0 Å². The third-order valence-electron chi connectivity index (χ3n) is 5.03. The zero-order chi connectivity index (χ0) is 24.2. The fourth-order valence-electron chi connectivity index (χ4n) is 3.59. The van der Waals surface area contributed by atoms with E-state index in [0.717, 1.165) is 0 Å². The molecule has 0 saturated carbocycles. The van der Waals surface area contributed by atoms with E-state index < -0.39 is 0 Å². The summed E-state index contributed by atoms with van der Waals surface area (Å²) in [5.74, 6) is 1.23. The van der Waals surface area contributed by atoms with Gasteiger partial charge in [-0.25, -0.2) is 15.8 Å². The summed E-state index contributed by atoms with van der Waals surface area (Å²) in [6, 6.07) is 43.2. The van der Waals surface area contributed by atoms with Gasteiger partial charge in [0, 0.05) is 0 Å². The Morgan fingerprint density at radius 2 is 0.550 bits per heavy atom. The van der Waals surface area contributed by atoms with Crippen LogP contribution in [0.15, 0.2) is 121 Å². The smallest absolute Gasteiger partial charge is 1.00 e. The second kappa shape index (κ2) is 26.5. The van der Waals surface area contributed by atoms with Gasteiger partial charge < -0.3 is 49.6 Å². The van der Waals surface area contributed by atoms with Crippen molar-refractivity contribution < 1.29 is 82.6 Å². The van der Waals surface area contributed by atoms with E-state index in [1.165, 1.54) is 21.2 Å². The molecule has 0 aliphatic heterocycles. The van der Waals surface area contributed by atoms with Crippen LogP contribution in [0.25, 0.3) is 0 Å². The van der Waals surface area contributed by atoms with E-state index in [9.17, 15) is 0 Å². The summed E-state index contributed by atoms with van der Waals surface area (Å²) in [7, 11) is -0.631. The maximum Gasteiger partial charge on any atom is 3.00 e. The Morgan fingerprint density at radius 3 is 0.700 bits per heavy atom. The van der Waals surface area contributed by atoms with Gasteiger partial charge in [0.05, 0.1) is 0 Å². The molecule has 0 nitrogen and oxygen atoms in total. The zero-order valence-corrected chi connectivity index (χ0v) is 29.7. The van der Waals surface area contributed by atoms with Crippen LogP contribution in [0.3, 0.4) is 0 Å². The van der Waals surface area contributed by atoms with E-state index in [1.54, 1.807) is 0 Å². The van der Waals surface area contributed by atoms with Crippen molar-refractivity contribution >= 4 is 37.1 Å². The number of benzene rings is 4. The molecule has 4 rings (SSSR count). The largest absolute Gasteiger partial charge is 3.00 e. The van der Waals surface area contributed by atoms with Crippen LogP contribution >= 0.6 is 15.8 Å². The Bertz CT molecular complexity index is 907. The minimum Gasteiger partial charge on any atom is -1.00 e. The van der Waals surface area contributed by atoms with Gasteiger partial charge in [-0.05, 0) is 0 Å². The molecule has 0 N–H and O–H groups in total. The molecule has 2 radical (unpaired) electrons. The average Bonchev–Trinajstić information content (AvgIpc) is 2.88. The Kier molecular flexibility index (Phi) is 31.0. The molecule has 4 aromatic carbocycles. The van der Waals surface area contributed by atoms with Crippen LogP contribution in [-0.4, -0.2) is 0 Å². The van der Waals surface area contributed by atoms with Gasteiger partial charge in [0.15, 0.2) is 0 Å². The minimum absolute atomic E-state index is 0. The van der Waals surface area contributed by atoms with Gasteiger partial charge in [0.1, 0.15) is 0 Å². The molecule has 8 heteroatoms. The maximum absolute atomic E-state index is 2.47. The third-order valence-corrected chi connectivity index (χ3v) is 10.2. The molecule has 0 atom stereocenters. The molecular weight excluding hydrogens is 705 g/mol. The molecule has 0 aliphatic carbocycles. The standard InChI is InChI=1S/2C16H18P.4ClH.2Ni/c2*1-14(2)13-17(15-9-5-3-6-10-15)16-11-7-4-8-12-16;;;;;;/h2*3-14H,1-2H3;4*1H;;/q2*-1;;;;;2*+3/p-4. The van der Waals surface area contributed by atoms with Crippen molar-refractivity contribution in [2.45, 2.75) is 27.7 Å². The molecule has 0 spiro atoms. The fraction of sp³-hybridized carbons (Fsp3) is 0.188. The van der Waals surface area contributed by atoms with E-state index in [1.807, 2.05) is 0 Å². The van der Waals surface area contributed by atoms with Crippen LogP contribution in [0.1, 0.15) is 27.7 Å². The quantitative estimate of drug-likeness (QED) is 0.0981. The molecule has 0 aliphatic rings. The van der Waals surface area contributed by atoms with E-state index in [-0.39, 0.29) is 98.5 Å². The van der Waals surface area contributed by atoms with E-state index in [0.29, 0.717) is 11.8 Å². The molecular formula is C32H36Cl4Ni2P2. The van der Waals surface area contributed by atoms with Gasteiger partial charge in [-0.2, -0.15) is 11.8 Å². The van der Waals surface area contributed by atoms with Gasteiger partial charge >= 0.3 is 33.0 Å². The minimum atomic E-state index is -0.315. The Hall–Kier alpha value is -0.113. The van der Waals surface area contributed by atoms with Gasteiger partial charge in [-0.1, -0.05) is 170 Å². The Morgan fingerprint density at radius 1 is 0.375 bits per heavy atom. The van der Waals surface area contributed by atoms with Crippen LogP contribution in [0.5, 0.6) is 0 Å². The van der Waals surface area contributed by atoms with Crippen molar-refractivity contribution in [3.63, 3.8) is 0 Å². The fourth-order valence-corrected chi connectivity index (χ4v) is 8.04. The topological polar surface area (TPSA) is 0 Å². The first kappa shape index (κ1) is 46.8. The van der Waals surface area contributed by atoms with Crippen LogP contribution in [0.2, 0.25) is 0 Å². The first-order chi connectivity index (χ1) is 16.5. The van der Waals surface area contributed by atoms with E-state index in [4.69, 9.17) is 0 Å². The molecule has 40 heavy (non-hydrogen) atoms. The summed E-state index contributed by atoms with van der Waals surface area (Å²) in [5, 5.41) is 5.73. The molecule has 0 amide bonds. The maximum atomic E-state index is 2.47. The first-order valence-corrected chi connectivity index (χ1v) is 14.9. The number of hydrogen-bond donors (Lipinski definition) is 0. The van der Waals surface area contributed by atoms with Crippen molar-refractivity contribution in [1.29, 1.82) is 0 Å². The van der Waals surface area contributed by atoms with Crippen molar-refractivity contribution in [3.8, 4) is 0 Å². The predicted octanol–water partition coefficient (Wildman–Crippen LogP) is -4.11. The van der Waals surface area contributed by atoms with Crippen molar-refractivity contribution in [1.82, 2.24) is 0 Å². The van der Waals surface area contributed by atoms with Crippen LogP contribution < -0.4 is 70.8 Å². The molecule has 222 valence electrons. The second-order valence-electron chi connectivity index (χ2n) is 8.87.